The third kappa shape index (κ3) is 3.52. The number of hydrogen-bond donors (Lipinski definition) is 1. The van der Waals surface area contributed by atoms with Crippen LogP contribution in [0.1, 0.15) is 27.8 Å². The van der Waals surface area contributed by atoms with Crippen LogP contribution in [0.25, 0.3) is 0 Å². The Morgan fingerprint density at radius 1 is 1.23 bits per heavy atom. The summed E-state index contributed by atoms with van der Waals surface area (Å²) in [5, 5.41) is 14.6. The Balaban J connectivity index is 1.72. The van der Waals surface area contributed by atoms with Crippen molar-refractivity contribution in [2.45, 2.75) is 12.7 Å². The Morgan fingerprint density at radius 3 is 2.70 bits per heavy atom. The van der Waals surface area contributed by atoms with Gasteiger partial charge in [0.1, 0.15) is 23.4 Å². The largest absolute Gasteiger partial charge is 0.496 e. The van der Waals surface area contributed by atoms with Crippen LogP contribution in [0, 0.1) is 15.9 Å². The summed E-state index contributed by atoms with van der Waals surface area (Å²) in [6.45, 7) is 0.178. The maximum absolute atomic E-state index is 13.3. The zero-order valence-corrected chi connectivity index (χ0v) is 15.9. The number of hydrogen-bond acceptors (Lipinski definition) is 6. The predicted octanol–water partition coefficient (Wildman–Crippen LogP) is 3.90. The van der Waals surface area contributed by atoms with Crippen molar-refractivity contribution in [1.82, 2.24) is 9.88 Å². The molecule has 1 aliphatic rings. The van der Waals surface area contributed by atoms with Crippen LogP contribution in [0.2, 0.25) is 0 Å². The fourth-order valence-electron chi connectivity index (χ4n) is 3.39. The molecule has 0 fully saturated rings. The van der Waals surface area contributed by atoms with Crippen molar-refractivity contribution in [3.05, 3.63) is 93.5 Å². The minimum absolute atomic E-state index is 0.178. The fraction of sp³-hybridized carbons (Fsp3) is 0.143. The second-order valence-corrected chi connectivity index (χ2v) is 6.68. The van der Waals surface area contributed by atoms with Crippen molar-refractivity contribution < 1.29 is 18.8 Å². The van der Waals surface area contributed by atoms with Crippen molar-refractivity contribution in [3.8, 4) is 5.75 Å². The summed E-state index contributed by atoms with van der Waals surface area (Å²) in [5.41, 5.74) is 1.63. The summed E-state index contributed by atoms with van der Waals surface area (Å²) >= 11 is 0. The minimum Gasteiger partial charge on any atom is -0.496 e. The van der Waals surface area contributed by atoms with E-state index in [0.717, 1.165) is 0 Å². The van der Waals surface area contributed by atoms with E-state index in [-0.39, 0.29) is 29.6 Å². The number of amides is 1. The van der Waals surface area contributed by atoms with Crippen LogP contribution < -0.4 is 10.1 Å². The number of carbonyl (C=O) groups excluding carboxylic acids is 1. The van der Waals surface area contributed by atoms with E-state index in [2.05, 4.69) is 10.3 Å². The van der Waals surface area contributed by atoms with E-state index in [9.17, 15) is 19.3 Å². The molecule has 1 aliphatic heterocycles. The van der Waals surface area contributed by atoms with E-state index < -0.39 is 11.1 Å². The third-order valence-corrected chi connectivity index (χ3v) is 4.86. The molecular formula is C21H17FN4O4. The molecule has 0 spiro atoms. The molecule has 1 atom stereocenters. The molecule has 30 heavy (non-hydrogen) atoms. The van der Waals surface area contributed by atoms with E-state index in [4.69, 9.17) is 4.74 Å². The average molecular weight is 408 g/mol. The number of halogens is 1. The number of fused-ring (bicyclic) bond motifs is 1. The normalized spacial score (nSPS) is 15.1. The molecule has 0 radical (unpaired) electrons. The highest BCUT2D eigenvalue weighted by molar-refractivity contribution is 5.99. The van der Waals surface area contributed by atoms with E-state index in [1.165, 1.54) is 36.3 Å². The van der Waals surface area contributed by atoms with Gasteiger partial charge in [0.05, 0.1) is 29.4 Å². The van der Waals surface area contributed by atoms with Crippen LogP contribution in [-0.2, 0) is 6.54 Å². The van der Waals surface area contributed by atoms with Gasteiger partial charge in [-0.05, 0) is 42.0 Å². The smallest absolute Gasteiger partial charge is 0.296 e. The first-order valence-corrected chi connectivity index (χ1v) is 9.07. The molecular weight excluding hydrogens is 391 g/mol. The number of ether oxygens (including phenoxy) is 1. The molecule has 2 aromatic carbocycles. The molecule has 1 aromatic heterocycles. The Kier molecular flexibility index (Phi) is 5.01. The van der Waals surface area contributed by atoms with E-state index in [0.29, 0.717) is 22.6 Å². The van der Waals surface area contributed by atoms with Crippen molar-refractivity contribution in [2.75, 3.05) is 12.4 Å². The van der Waals surface area contributed by atoms with Crippen LogP contribution in [0.5, 0.6) is 5.75 Å². The number of carbonyl (C=O) groups is 1. The van der Waals surface area contributed by atoms with Crippen LogP contribution in [0.3, 0.4) is 0 Å². The standard InChI is InChI=1S/C21H17FN4O4/c1-30-15-8-9-17(18(11-15)26(28)29)24-20-19-16(3-2-10-23-19)21(27)25(20)12-13-4-6-14(22)7-5-13/h2-11,20,24H,12H2,1H3/t20-/m0/s1. The quantitative estimate of drug-likeness (QED) is 0.491. The summed E-state index contributed by atoms with van der Waals surface area (Å²) in [5.74, 6) is -0.299. The number of rotatable bonds is 6. The lowest BCUT2D eigenvalue weighted by Gasteiger charge is -2.26. The molecule has 152 valence electrons. The minimum atomic E-state index is -0.731. The molecule has 0 bridgehead atoms. The summed E-state index contributed by atoms with van der Waals surface area (Å²) < 4.78 is 18.3. The maximum Gasteiger partial charge on any atom is 0.296 e. The van der Waals surface area contributed by atoms with Crippen LogP contribution in [-0.4, -0.2) is 27.8 Å². The summed E-state index contributed by atoms with van der Waals surface area (Å²) in [4.78, 5) is 29.9. The topological polar surface area (TPSA) is 97.6 Å². The molecule has 1 amide bonds. The fourth-order valence-corrected chi connectivity index (χ4v) is 3.39. The number of nitrogens with one attached hydrogen (secondary N) is 1. The van der Waals surface area contributed by atoms with Gasteiger partial charge >= 0.3 is 0 Å². The first-order valence-electron chi connectivity index (χ1n) is 9.07. The molecule has 4 rings (SSSR count). The van der Waals surface area contributed by atoms with Gasteiger partial charge in [0, 0.05) is 12.7 Å². The summed E-state index contributed by atoms with van der Waals surface area (Å²) in [6.07, 6.45) is 0.829. The Bertz CT molecular complexity index is 1120. The summed E-state index contributed by atoms with van der Waals surface area (Å²) in [6, 6.07) is 13.6. The molecule has 8 nitrogen and oxygen atoms in total. The number of benzene rings is 2. The second-order valence-electron chi connectivity index (χ2n) is 6.68. The van der Waals surface area contributed by atoms with E-state index in [1.807, 2.05) is 0 Å². The zero-order valence-electron chi connectivity index (χ0n) is 15.9. The highest BCUT2D eigenvalue weighted by Gasteiger charge is 2.38. The zero-order chi connectivity index (χ0) is 21.3. The molecule has 0 saturated carbocycles. The number of nitro benzene ring substituents is 1. The number of nitrogens with zero attached hydrogens (tertiary/aromatic N) is 3. The molecule has 0 aliphatic carbocycles. The van der Waals surface area contributed by atoms with E-state index >= 15 is 0 Å². The molecule has 0 saturated heterocycles. The highest BCUT2D eigenvalue weighted by Crippen LogP contribution is 2.37. The van der Waals surface area contributed by atoms with Gasteiger partial charge in [-0.25, -0.2) is 4.39 Å². The van der Waals surface area contributed by atoms with Gasteiger partial charge in [0.2, 0.25) is 0 Å². The van der Waals surface area contributed by atoms with Crippen LogP contribution >= 0.6 is 0 Å². The van der Waals surface area contributed by atoms with Gasteiger partial charge < -0.3 is 15.0 Å². The van der Waals surface area contributed by atoms with Crippen molar-refractivity contribution in [2.24, 2.45) is 0 Å². The molecule has 9 heteroatoms. The Morgan fingerprint density at radius 2 is 2.00 bits per heavy atom. The van der Waals surface area contributed by atoms with Crippen LogP contribution in [0.15, 0.2) is 60.8 Å². The van der Waals surface area contributed by atoms with Crippen molar-refractivity contribution in [3.63, 3.8) is 0 Å². The third-order valence-electron chi connectivity index (χ3n) is 4.86. The van der Waals surface area contributed by atoms with Gasteiger partial charge in [0.25, 0.3) is 11.6 Å². The number of anilines is 1. The first-order chi connectivity index (χ1) is 14.5. The molecule has 2 heterocycles. The van der Waals surface area contributed by atoms with E-state index in [1.54, 1.807) is 36.5 Å². The van der Waals surface area contributed by atoms with Crippen molar-refractivity contribution >= 4 is 17.3 Å². The van der Waals surface area contributed by atoms with Crippen molar-refractivity contribution in [1.29, 1.82) is 0 Å². The van der Waals surface area contributed by atoms with Crippen LogP contribution in [0.4, 0.5) is 15.8 Å². The lowest BCUT2D eigenvalue weighted by Crippen LogP contribution is -2.32. The van der Waals surface area contributed by atoms with Gasteiger partial charge in [-0.2, -0.15) is 0 Å². The Hall–Kier alpha value is -4.01. The number of aromatic nitrogens is 1. The van der Waals surface area contributed by atoms with Gasteiger partial charge in [-0.1, -0.05) is 12.1 Å². The number of methoxy groups -OCH3 is 1. The molecule has 3 aromatic rings. The van der Waals surface area contributed by atoms with Gasteiger partial charge in [0.15, 0.2) is 0 Å². The van der Waals surface area contributed by atoms with Gasteiger partial charge in [-0.15, -0.1) is 0 Å². The first kappa shape index (κ1) is 19.3. The second kappa shape index (κ2) is 7.78. The summed E-state index contributed by atoms with van der Waals surface area (Å²) in [7, 11) is 1.42. The lowest BCUT2D eigenvalue weighted by atomic mass is 10.2. The number of pyridine rings is 1. The average Bonchev–Trinajstić information content (AvgIpc) is 3.01. The van der Waals surface area contributed by atoms with Gasteiger partial charge in [-0.3, -0.25) is 19.9 Å². The molecule has 0 unspecified atom stereocenters. The highest BCUT2D eigenvalue weighted by atomic mass is 19.1. The molecule has 1 N–H and O–H groups in total. The lowest BCUT2D eigenvalue weighted by molar-refractivity contribution is -0.384. The monoisotopic (exact) mass is 408 g/mol. The number of nitro groups is 1. The SMILES string of the molecule is COc1ccc(N[C@@H]2c3ncccc3C(=O)N2Cc2ccc(F)cc2)c([N+](=O)[O-])c1. The maximum atomic E-state index is 13.3. The Labute approximate surface area is 171 Å². The predicted molar refractivity (Wildman–Crippen MR) is 107 cm³/mol.